The summed E-state index contributed by atoms with van der Waals surface area (Å²) in [4.78, 5) is 30.8. The Hall–Kier alpha value is -2.93. The maximum absolute atomic E-state index is 12.7. The van der Waals surface area contributed by atoms with Crippen LogP contribution in [-0.4, -0.2) is 36.9 Å². The highest BCUT2D eigenvalue weighted by Crippen LogP contribution is 2.31. The maximum Gasteiger partial charge on any atom is 0.230 e. The Balaban J connectivity index is 1.91. The van der Waals surface area contributed by atoms with E-state index in [0.717, 1.165) is 12.1 Å². The largest absolute Gasteiger partial charge is 0.478 e. The molecule has 1 amide bonds. The Labute approximate surface area is 158 Å². The van der Waals surface area contributed by atoms with E-state index >= 15 is 0 Å². The summed E-state index contributed by atoms with van der Waals surface area (Å²) >= 11 is 0. The first-order chi connectivity index (χ1) is 13.0. The number of benzene rings is 1. The molecule has 1 aromatic carbocycles. The Morgan fingerprint density at radius 2 is 1.96 bits per heavy atom. The number of ketones is 1. The van der Waals surface area contributed by atoms with E-state index in [0.29, 0.717) is 24.7 Å². The number of primary amides is 1. The number of carbonyl (C=O) groups excluding carboxylic acids is 2. The molecule has 1 aliphatic heterocycles. The van der Waals surface area contributed by atoms with Crippen molar-refractivity contribution in [2.75, 3.05) is 25.1 Å². The molecule has 7 heteroatoms. The standard InChI is InChI=1S/C20H24N4O3/c1-3-27-17-9-8-16-18(23-17)19(25)15(20(21)26)12-24(16)11-14-6-4-13(5-7-14)10-22-2/h4-9,15,22H,3,10-12H2,1-2H3,(H2,21,26). The van der Waals surface area contributed by atoms with E-state index in [-0.39, 0.29) is 18.0 Å². The van der Waals surface area contributed by atoms with Gasteiger partial charge in [0.1, 0.15) is 11.6 Å². The minimum Gasteiger partial charge on any atom is -0.478 e. The van der Waals surface area contributed by atoms with Gasteiger partial charge in [0.25, 0.3) is 0 Å². The van der Waals surface area contributed by atoms with Crippen LogP contribution < -0.4 is 20.7 Å². The van der Waals surface area contributed by atoms with Crippen LogP contribution in [0.25, 0.3) is 0 Å². The van der Waals surface area contributed by atoms with Gasteiger partial charge in [-0.15, -0.1) is 0 Å². The number of nitrogens with zero attached hydrogens (tertiary/aromatic N) is 2. The molecule has 0 bridgehead atoms. The number of amides is 1. The SMILES string of the molecule is CCOc1ccc2c(n1)C(=O)C(C(N)=O)CN2Cc1ccc(CNC)cc1. The Morgan fingerprint density at radius 3 is 2.59 bits per heavy atom. The molecule has 0 radical (unpaired) electrons. The van der Waals surface area contributed by atoms with Crippen molar-refractivity contribution < 1.29 is 14.3 Å². The number of rotatable bonds is 7. The minimum absolute atomic E-state index is 0.239. The number of nitrogens with one attached hydrogen (secondary N) is 1. The van der Waals surface area contributed by atoms with Crippen molar-refractivity contribution in [3.63, 3.8) is 0 Å². The third kappa shape index (κ3) is 4.09. The molecule has 3 N–H and O–H groups in total. The van der Waals surface area contributed by atoms with E-state index in [1.54, 1.807) is 6.07 Å². The van der Waals surface area contributed by atoms with Crippen LogP contribution in [0, 0.1) is 5.92 Å². The van der Waals surface area contributed by atoms with E-state index in [1.165, 1.54) is 5.56 Å². The van der Waals surface area contributed by atoms with E-state index in [9.17, 15) is 9.59 Å². The monoisotopic (exact) mass is 368 g/mol. The van der Waals surface area contributed by atoms with Crippen LogP contribution in [0.3, 0.4) is 0 Å². The fourth-order valence-electron chi connectivity index (χ4n) is 3.22. The molecule has 0 spiro atoms. The van der Waals surface area contributed by atoms with Crippen molar-refractivity contribution in [1.82, 2.24) is 10.3 Å². The zero-order valence-corrected chi connectivity index (χ0v) is 15.6. The van der Waals surface area contributed by atoms with Crippen molar-refractivity contribution in [2.45, 2.75) is 20.0 Å². The first-order valence-electron chi connectivity index (χ1n) is 8.98. The molecule has 1 atom stereocenters. The van der Waals surface area contributed by atoms with Crippen LogP contribution >= 0.6 is 0 Å². The second kappa shape index (κ2) is 8.18. The Bertz CT molecular complexity index is 836. The van der Waals surface area contributed by atoms with Gasteiger partial charge in [0.2, 0.25) is 11.8 Å². The molecule has 7 nitrogen and oxygen atoms in total. The molecule has 0 saturated heterocycles. The quantitative estimate of drug-likeness (QED) is 0.719. The van der Waals surface area contributed by atoms with Gasteiger partial charge in [-0.25, -0.2) is 4.98 Å². The molecule has 142 valence electrons. The van der Waals surface area contributed by atoms with Gasteiger partial charge in [-0.3, -0.25) is 9.59 Å². The summed E-state index contributed by atoms with van der Waals surface area (Å²) in [6, 6.07) is 11.8. The van der Waals surface area contributed by atoms with Crippen molar-refractivity contribution >= 4 is 17.4 Å². The number of anilines is 1. The molecule has 0 aliphatic carbocycles. The second-order valence-electron chi connectivity index (χ2n) is 6.50. The molecule has 1 aliphatic rings. The fraction of sp³-hybridized carbons (Fsp3) is 0.350. The molecule has 1 unspecified atom stereocenters. The average molecular weight is 368 g/mol. The smallest absolute Gasteiger partial charge is 0.230 e. The molecule has 0 saturated carbocycles. The predicted molar refractivity (Wildman–Crippen MR) is 103 cm³/mol. The molecule has 1 aromatic heterocycles. The third-order valence-corrected chi connectivity index (χ3v) is 4.55. The van der Waals surface area contributed by atoms with Crippen LogP contribution in [0.4, 0.5) is 5.69 Å². The number of nitrogens with two attached hydrogens (primary N) is 1. The van der Waals surface area contributed by atoms with Crippen LogP contribution in [0.15, 0.2) is 36.4 Å². The number of aromatic nitrogens is 1. The summed E-state index contributed by atoms with van der Waals surface area (Å²) in [5, 5.41) is 3.12. The van der Waals surface area contributed by atoms with Gasteiger partial charge in [0.15, 0.2) is 5.78 Å². The van der Waals surface area contributed by atoms with Crippen LogP contribution in [0.2, 0.25) is 0 Å². The lowest BCUT2D eigenvalue weighted by atomic mass is 9.93. The lowest BCUT2D eigenvalue weighted by Crippen LogP contribution is -2.45. The number of hydrogen-bond acceptors (Lipinski definition) is 6. The van der Waals surface area contributed by atoms with Crippen molar-refractivity contribution in [3.8, 4) is 5.88 Å². The zero-order valence-electron chi connectivity index (χ0n) is 15.6. The minimum atomic E-state index is -0.912. The van der Waals surface area contributed by atoms with Gasteiger partial charge < -0.3 is 20.7 Å². The summed E-state index contributed by atoms with van der Waals surface area (Å²) < 4.78 is 5.40. The van der Waals surface area contributed by atoms with E-state index in [2.05, 4.69) is 22.4 Å². The number of pyridine rings is 1. The summed E-state index contributed by atoms with van der Waals surface area (Å²) in [6.45, 7) is 3.89. The maximum atomic E-state index is 12.7. The van der Waals surface area contributed by atoms with E-state index in [4.69, 9.17) is 10.5 Å². The predicted octanol–water partition coefficient (Wildman–Crippen LogP) is 1.50. The third-order valence-electron chi connectivity index (χ3n) is 4.55. The summed E-state index contributed by atoms with van der Waals surface area (Å²) in [5.41, 5.74) is 8.67. The molecule has 2 heterocycles. The first kappa shape index (κ1) is 18.8. The lowest BCUT2D eigenvalue weighted by Gasteiger charge is -2.33. The lowest BCUT2D eigenvalue weighted by molar-refractivity contribution is -0.120. The molecule has 0 fully saturated rings. The fourth-order valence-corrected chi connectivity index (χ4v) is 3.22. The molecule has 2 aromatic rings. The van der Waals surface area contributed by atoms with Gasteiger partial charge >= 0.3 is 0 Å². The van der Waals surface area contributed by atoms with E-state index in [1.807, 2.05) is 37.1 Å². The Kier molecular flexibility index (Phi) is 5.71. The number of ether oxygens (including phenoxy) is 1. The molecular formula is C20H24N4O3. The number of Topliss-reactive ketones (excluding diaryl/α,β-unsaturated/α-hetero) is 1. The van der Waals surface area contributed by atoms with E-state index < -0.39 is 11.8 Å². The number of hydrogen-bond donors (Lipinski definition) is 2. The highest BCUT2D eigenvalue weighted by molar-refractivity contribution is 6.13. The molecule has 3 rings (SSSR count). The Morgan fingerprint density at radius 1 is 1.26 bits per heavy atom. The van der Waals surface area contributed by atoms with Crippen molar-refractivity contribution in [3.05, 3.63) is 53.2 Å². The van der Waals surface area contributed by atoms with Gasteiger partial charge in [0, 0.05) is 25.7 Å². The topological polar surface area (TPSA) is 97.5 Å². The second-order valence-corrected chi connectivity index (χ2v) is 6.50. The number of carbonyl (C=O) groups is 2. The van der Waals surface area contributed by atoms with Crippen LogP contribution in [-0.2, 0) is 17.9 Å². The van der Waals surface area contributed by atoms with Gasteiger partial charge in [-0.05, 0) is 31.2 Å². The molecule has 27 heavy (non-hydrogen) atoms. The van der Waals surface area contributed by atoms with Gasteiger partial charge in [-0.1, -0.05) is 24.3 Å². The van der Waals surface area contributed by atoms with Crippen LogP contribution in [0.5, 0.6) is 5.88 Å². The highest BCUT2D eigenvalue weighted by atomic mass is 16.5. The summed E-state index contributed by atoms with van der Waals surface area (Å²) in [6.07, 6.45) is 0. The average Bonchev–Trinajstić information content (AvgIpc) is 2.66. The summed E-state index contributed by atoms with van der Waals surface area (Å²) in [5.74, 6) is -1.53. The summed E-state index contributed by atoms with van der Waals surface area (Å²) in [7, 11) is 1.91. The number of fused-ring (bicyclic) bond motifs is 1. The zero-order chi connectivity index (χ0) is 19.4. The van der Waals surface area contributed by atoms with Gasteiger partial charge in [-0.2, -0.15) is 0 Å². The van der Waals surface area contributed by atoms with Crippen molar-refractivity contribution in [2.24, 2.45) is 11.7 Å². The van der Waals surface area contributed by atoms with Crippen LogP contribution in [0.1, 0.15) is 28.5 Å². The van der Waals surface area contributed by atoms with Gasteiger partial charge in [0.05, 0.1) is 12.3 Å². The molecular weight excluding hydrogens is 344 g/mol. The first-order valence-corrected chi connectivity index (χ1v) is 8.98. The normalized spacial score (nSPS) is 16.1. The van der Waals surface area contributed by atoms with Crippen molar-refractivity contribution in [1.29, 1.82) is 0 Å². The highest BCUT2D eigenvalue weighted by Gasteiger charge is 2.36.